The van der Waals surface area contributed by atoms with E-state index in [0.717, 1.165) is 0 Å². The second kappa shape index (κ2) is 25.2. The fraction of sp³-hybridized carbons (Fsp3) is 0.949. The van der Waals surface area contributed by atoms with E-state index < -0.39 is 0 Å². The largest absolute Gasteiger partial charge is 0.297 e. The summed E-state index contributed by atoms with van der Waals surface area (Å²) in [5.41, 5.74) is 2.52. The molecule has 0 fully saturated rings. The Hall–Kier alpha value is -0.300. The molecule has 0 saturated carbocycles. The van der Waals surface area contributed by atoms with Crippen molar-refractivity contribution in [2.24, 2.45) is 10.8 Å². The zero-order valence-electron chi connectivity index (χ0n) is 29.8. The summed E-state index contributed by atoms with van der Waals surface area (Å²) in [6, 6.07) is 0.658. The summed E-state index contributed by atoms with van der Waals surface area (Å²) in [6.07, 6.45) is 35.1. The van der Waals surface area contributed by atoms with Crippen LogP contribution < -0.4 is 0 Å². The molecule has 0 radical (unpaired) electrons. The zero-order chi connectivity index (χ0) is 30.1. The van der Waals surface area contributed by atoms with Crippen LogP contribution in [0.25, 0.3) is 0 Å². The lowest BCUT2D eigenvalue weighted by Crippen LogP contribution is -2.36. The van der Waals surface area contributed by atoms with E-state index in [9.17, 15) is 0 Å². The molecule has 0 rings (SSSR count). The quantitative estimate of drug-likeness (QED) is 0.0712. The van der Waals surface area contributed by atoms with E-state index in [-0.39, 0.29) is 0 Å². The van der Waals surface area contributed by atoms with Gasteiger partial charge in [-0.05, 0) is 69.9 Å². The summed E-state index contributed by atoms with van der Waals surface area (Å²) in [5.74, 6) is 0. The minimum atomic E-state index is 0.507. The third-order valence-corrected chi connectivity index (χ3v) is 8.59. The number of hydrogen-bond donors (Lipinski definition) is 0. The van der Waals surface area contributed by atoms with Gasteiger partial charge >= 0.3 is 0 Å². The maximum absolute atomic E-state index is 2.89. The first-order valence-corrected chi connectivity index (χ1v) is 18.3. The molecule has 0 amide bonds. The summed E-state index contributed by atoms with van der Waals surface area (Å²) in [5, 5.41) is 0. The summed E-state index contributed by atoms with van der Waals surface area (Å²) in [4.78, 5) is 2.89. The molecule has 40 heavy (non-hydrogen) atoms. The second-order valence-corrected chi connectivity index (χ2v) is 16.0. The van der Waals surface area contributed by atoms with Gasteiger partial charge in [0.05, 0.1) is 0 Å². The lowest BCUT2D eigenvalue weighted by molar-refractivity contribution is 0.206. The molecule has 0 aromatic rings. The van der Waals surface area contributed by atoms with E-state index in [0.29, 0.717) is 16.9 Å². The van der Waals surface area contributed by atoms with Crippen LogP contribution in [0, 0.1) is 10.8 Å². The van der Waals surface area contributed by atoms with Crippen molar-refractivity contribution in [3.05, 3.63) is 11.6 Å². The van der Waals surface area contributed by atoms with Crippen molar-refractivity contribution >= 4 is 0 Å². The van der Waals surface area contributed by atoms with Crippen molar-refractivity contribution < 1.29 is 0 Å². The number of unbranched alkanes of at least 4 members (excludes halogenated alkanes) is 17. The van der Waals surface area contributed by atoms with Crippen LogP contribution in [-0.2, 0) is 0 Å². The molecular formula is C39H79N. The lowest BCUT2D eigenvalue weighted by Gasteiger charge is -2.31. The van der Waals surface area contributed by atoms with Crippen molar-refractivity contribution in [2.45, 2.75) is 216 Å². The predicted octanol–water partition coefficient (Wildman–Crippen LogP) is 13.7. The number of hydrogen-bond acceptors (Lipinski definition) is 1. The Bertz CT molecular complexity index is 524. The molecule has 240 valence electrons. The van der Waals surface area contributed by atoms with E-state index in [1.807, 2.05) is 0 Å². The molecule has 1 unspecified atom stereocenters. The monoisotopic (exact) mass is 562 g/mol. The van der Waals surface area contributed by atoms with Gasteiger partial charge in [-0.25, -0.2) is 0 Å². The van der Waals surface area contributed by atoms with Gasteiger partial charge in [-0.3, -0.25) is 4.90 Å². The van der Waals surface area contributed by atoms with E-state index in [4.69, 9.17) is 0 Å². The van der Waals surface area contributed by atoms with Crippen LogP contribution >= 0.6 is 0 Å². The van der Waals surface area contributed by atoms with Crippen molar-refractivity contribution in [2.75, 3.05) is 13.1 Å². The maximum Gasteiger partial charge on any atom is 0.0280 e. The molecule has 1 heteroatoms. The van der Waals surface area contributed by atoms with Gasteiger partial charge in [0.15, 0.2) is 0 Å². The molecule has 0 heterocycles. The SMILES string of the molecule is CCCCCCCCC(C=C(C)C)N(CCCCCCCCCC(C)(C)C)CCCCCCCCCC(C)(C)C. The molecule has 0 N–H and O–H groups in total. The molecule has 1 atom stereocenters. The summed E-state index contributed by atoms with van der Waals surface area (Å²) in [6.45, 7) is 23.8. The average Bonchev–Trinajstić information content (AvgIpc) is 2.85. The first kappa shape index (κ1) is 39.7. The van der Waals surface area contributed by atoms with E-state index in [1.54, 1.807) is 0 Å². The number of nitrogens with zero attached hydrogens (tertiary/aromatic N) is 1. The van der Waals surface area contributed by atoms with Crippen LogP contribution in [0.3, 0.4) is 0 Å². The van der Waals surface area contributed by atoms with E-state index >= 15 is 0 Å². The lowest BCUT2D eigenvalue weighted by atomic mass is 9.89. The first-order chi connectivity index (χ1) is 18.9. The summed E-state index contributed by atoms with van der Waals surface area (Å²) in [7, 11) is 0. The normalized spacial score (nSPS) is 13.2. The van der Waals surface area contributed by atoms with Gasteiger partial charge in [0, 0.05) is 6.04 Å². The highest BCUT2D eigenvalue weighted by atomic mass is 15.1. The Balaban J connectivity index is 4.54. The van der Waals surface area contributed by atoms with Crippen LogP contribution in [-0.4, -0.2) is 24.0 Å². The Kier molecular flexibility index (Phi) is 25.0. The van der Waals surface area contributed by atoms with Crippen LogP contribution in [0.4, 0.5) is 0 Å². The third-order valence-electron chi connectivity index (χ3n) is 8.59. The molecule has 0 aromatic carbocycles. The topological polar surface area (TPSA) is 3.24 Å². The summed E-state index contributed by atoms with van der Waals surface area (Å²) >= 11 is 0. The van der Waals surface area contributed by atoms with E-state index in [1.165, 1.54) is 166 Å². The highest BCUT2D eigenvalue weighted by Gasteiger charge is 2.16. The fourth-order valence-corrected chi connectivity index (χ4v) is 6.04. The maximum atomic E-state index is 2.89. The van der Waals surface area contributed by atoms with Crippen LogP contribution in [0.2, 0.25) is 0 Å². The van der Waals surface area contributed by atoms with Gasteiger partial charge in [0.25, 0.3) is 0 Å². The molecule has 0 saturated heterocycles. The van der Waals surface area contributed by atoms with Gasteiger partial charge in [-0.2, -0.15) is 0 Å². The standard InChI is InChI=1S/C39H79N/c1-10-11-12-13-20-25-30-37(35-36(2)3)40(33-28-23-18-14-16-21-26-31-38(4,5)6)34-29-24-19-15-17-22-27-32-39(7,8)9/h35,37H,10-34H2,1-9H3. The molecule has 0 spiro atoms. The molecule has 1 nitrogen and oxygen atoms in total. The minimum Gasteiger partial charge on any atom is -0.297 e. The molecule has 0 aliphatic rings. The van der Waals surface area contributed by atoms with Gasteiger partial charge in [0.1, 0.15) is 0 Å². The molecular weight excluding hydrogens is 482 g/mol. The van der Waals surface area contributed by atoms with Crippen LogP contribution in [0.15, 0.2) is 11.6 Å². The number of rotatable bonds is 27. The number of allylic oxidation sites excluding steroid dienone is 1. The minimum absolute atomic E-state index is 0.507. The molecule has 0 bridgehead atoms. The molecule has 0 aliphatic heterocycles. The van der Waals surface area contributed by atoms with Gasteiger partial charge in [-0.15, -0.1) is 0 Å². The van der Waals surface area contributed by atoms with Crippen molar-refractivity contribution in [3.8, 4) is 0 Å². The van der Waals surface area contributed by atoms with E-state index in [2.05, 4.69) is 73.3 Å². The molecule has 0 aromatic heterocycles. The van der Waals surface area contributed by atoms with Crippen LogP contribution in [0.5, 0.6) is 0 Å². The molecule has 0 aliphatic carbocycles. The fourth-order valence-electron chi connectivity index (χ4n) is 6.04. The Morgan fingerprint density at radius 3 is 1.23 bits per heavy atom. The Morgan fingerprint density at radius 1 is 0.500 bits per heavy atom. The van der Waals surface area contributed by atoms with Gasteiger partial charge in [0.2, 0.25) is 0 Å². The van der Waals surface area contributed by atoms with Crippen molar-refractivity contribution in [3.63, 3.8) is 0 Å². The van der Waals surface area contributed by atoms with Gasteiger partial charge < -0.3 is 0 Å². The Morgan fingerprint density at radius 2 is 0.850 bits per heavy atom. The first-order valence-electron chi connectivity index (χ1n) is 18.3. The second-order valence-electron chi connectivity index (χ2n) is 16.0. The highest BCUT2D eigenvalue weighted by molar-refractivity contribution is 5.01. The van der Waals surface area contributed by atoms with Crippen LogP contribution in [0.1, 0.15) is 210 Å². The zero-order valence-corrected chi connectivity index (χ0v) is 29.8. The highest BCUT2D eigenvalue weighted by Crippen LogP contribution is 2.24. The average molecular weight is 562 g/mol. The summed E-state index contributed by atoms with van der Waals surface area (Å²) < 4.78 is 0. The predicted molar refractivity (Wildman–Crippen MR) is 186 cm³/mol. The van der Waals surface area contributed by atoms with Gasteiger partial charge in [-0.1, -0.05) is 176 Å². The Labute approximate surface area is 256 Å². The van der Waals surface area contributed by atoms with Crippen molar-refractivity contribution in [1.82, 2.24) is 4.90 Å². The van der Waals surface area contributed by atoms with Crippen molar-refractivity contribution in [1.29, 1.82) is 0 Å². The third kappa shape index (κ3) is 29.2. The smallest absolute Gasteiger partial charge is 0.0280 e.